The van der Waals surface area contributed by atoms with E-state index in [4.69, 9.17) is 4.98 Å². The molecule has 0 aliphatic carbocycles. The van der Waals surface area contributed by atoms with Crippen LogP contribution in [0.3, 0.4) is 0 Å². The van der Waals surface area contributed by atoms with Gasteiger partial charge in [0.25, 0.3) is 5.91 Å². The number of hydrogen-bond acceptors (Lipinski definition) is 2. The largest absolute Gasteiger partial charge is 0.327 e. The molecule has 1 aromatic heterocycles. The fraction of sp³-hybridized carbons (Fsp3) is 0.360. The number of fused-ring (bicyclic) bond motifs is 1. The number of anilines is 1. The van der Waals surface area contributed by atoms with Crippen LogP contribution in [0, 0.1) is 12.7 Å². The topological polar surface area (TPSA) is 38.1 Å². The van der Waals surface area contributed by atoms with E-state index in [1.54, 1.807) is 17.0 Å². The molecule has 1 aliphatic heterocycles. The SMILES string of the molecule is CCCN(C(=O)c1nc(-c2ccc(C)cc2)n2c1CCCCC2)c1ccc(F)cc1. The Balaban J connectivity index is 1.79. The number of aryl methyl sites for hydroxylation is 1. The quantitative estimate of drug-likeness (QED) is 0.540. The zero-order valence-electron chi connectivity index (χ0n) is 17.7. The van der Waals surface area contributed by atoms with Gasteiger partial charge in [0, 0.05) is 24.3 Å². The fourth-order valence-electron chi connectivity index (χ4n) is 4.13. The van der Waals surface area contributed by atoms with Crippen molar-refractivity contribution in [3.05, 3.63) is 71.3 Å². The molecule has 0 saturated heterocycles. The number of carbonyl (C=O) groups excluding carboxylic acids is 1. The molecule has 5 heteroatoms. The number of amides is 1. The van der Waals surface area contributed by atoms with Crippen molar-refractivity contribution in [1.29, 1.82) is 0 Å². The van der Waals surface area contributed by atoms with Crippen molar-refractivity contribution in [1.82, 2.24) is 9.55 Å². The summed E-state index contributed by atoms with van der Waals surface area (Å²) in [6.45, 7) is 5.55. The van der Waals surface area contributed by atoms with Crippen molar-refractivity contribution >= 4 is 11.6 Å². The molecule has 156 valence electrons. The molecule has 2 aromatic carbocycles. The lowest BCUT2D eigenvalue weighted by molar-refractivity contribution is 0.0981. The predicted molar refractivity (Wildman–Crippen MR) is 118 cm³/mol. The average Bonchev–Trinajstić information content (AvgIpc) is 2.94. The van der Waals surface area contributed by atoms with Gasteiger partial charge in [-0.2, -0.15) is 0 Å². The van der Waals surface area contributed by atoms with Crippen LogP contribution in [0.15, 0.2) is 48.5 Å². The third kappa shape index (κ3) is 4.02. The summed E-state index contributed by atoms with van der Waals surface area (Å²) in [5, 5.41) is 0. The summed E-state index contributed by atoms with van der Waals surface area (Å²) in [5.74, 6) is 0.457. The number of carbonyl (C=O) groups is 1. The second-order valence-electron chi connectivity index (χ2n) is 7.99. The first-order valence-corrected chi connectivity index (χ1v) is 10.8. The molecule has 0 fully saturated rings. The summed E-state index contributed by atoms with van der Waals surface area (Å²) in [7, 11) is 0. The Morgan fingerprint density at radius 1 is 1.07 bits per heavy atom. The van der Waals surface area contributed by atoms with Crippen LogP contribution in [0.1, 0.15) is 54.4 Å². The molecule has 0 N–H and O–H groups in total. The molecule has 30 heavy (non-hydrogen) atoms. The minimum atomic E-state index is -0.305. The summed E-state index contributed by atoms with van der Waals surface area (Å²) in [5.41, 5.74) is 4.49. The maximum Gasteiger partial charge on any atom is 0.278 e. The molecule has 0 saturated carbocycles. The molecule has 0 atom stereocenters. The maximum absolute atomic E-state index is 13.7. The summed E-state index contributed by atoms with van der Waals surface area (Å²) in [4.78, 5) is 20.3. The molecule has 0 spiro atoms. The lowest BCUT2D eigenvalue weighted by atomic mass is 10.1. The monoisotopic (exact) mass is 405 g/mol. The van der Waals surface area contributed by atoms with Crippen LogP contribution < -0.4 is 4.90 Å². The highest BCUT2D eigenvalue weighted by Gasteiger charge is 2.28. The van der Waals surface area contributed by atoms with Gasteiger partial charge in [-0.25, -0.2) is 9.37 Å². The van der Waals surface area contributed by atoms with Gasteiger partial charge in [0.05, 0.1) is 5.69 Å². The van der Waals surface area contributed by atoms with E-state index in [1.807, 2.05) is 6.92 Å². The molecule has 4 nitrogen and oxygen atoms in total. The Labute approximate surface area is 177 Å². The van der Waals surface area contributed by atoms with Crippen LogP contribution in [-0.2, 0) is 13.0 Å². The standard InChI is InChI=1S/C25H28FN3O/c1-3-16-28(21-14-12-20(26)13-15-21)25(30)23-22-7-5-4-6-17-29(22)24(27-23)19-10-8-18(2)9-11-19/h8-15H,3-7,16-17H2,1-2H3. The highest BCUT2D eigenvalue weighted by atomic mass is 19.1. The van der Waals surface area contributed by atoms with Crippen LogP contribution in [0.5, 0.6) is 0 Å². The normalized spacial score (nSPS) is 13.6. The van der Waals surface area contributed by atoms with Gasteiger partial charge in [0.15, 0.2) is 5.69 Å². The zero-order chi connectivity index (χ0) is 21.1. The van der Waals surface area contributed by atoms with Crippen LogP contribution in [-0.4, -0.2) is 22.0 Å². The average molecular weight is 406 g/mol. The first-order valence-electron chi connectivity index (χ1n) is 10.8. The molecule has 0 unspecified atom stereocenters. The minimum Gasteiger partial charge on any atom is -0.327 e. The molecular formula is C25H28FN3O. The van der Waals surface area contributed by atoms with Crippen molar-refractivity contribution in [3.8, 4) is 11.4 Å². The van der Waals surface area contributed by atoms with E-state index in [9.17, 15) is 9.18 Å². The molecule has 0 radical (unpaired) electrons. The maximum atomic E-state index is 13.7. The van der Waals surface area contributed by atoms with E-state index in [-0.39, 0.29) is 11.7 Å². The van der Waals surface area contributed by atoms with Gasteiger partial charge < -0.3 is 9.47 Å². The van der Waals surface area contributed by atoms with Gasteiger partial charge in [-0.05, 0) is 56.9 Å². The van der Waals surface area contributed by atoms with E-state index in [2.05, 4.69) is 35.8 Å². The van der Waals surface area contributed by atoms with E-state index in [0.29, 0.717) is 17.9 Å². The minimum absolute atomic E-state index is 0.104. The lowest BCUT2D eigenvalue weighted by Gasteiger charge is -2.22. The van der Waals surface area contributed by atoms with Crippen LogP contribution in [0.2, 0.25) is 0 Å². The number of imidazole rings is 1. The molecule has 2 heterocycles. The molecule has 4 rings (SSSR count). The van der Waals surface area contributed by atoms with E-state index < -0.39 is 0 Å². The third-order valence-electron chi connectivity index (χ3n) is 5.71. The first-order chi connectivity index (χ1) is 14.6. The summed E-state index contributed by atoms with van der Waals surface area (Å²) >= 11 is 0. The Bertz CT molecular complexity index is 1020. The van der Waals surface area contributed by atoms with Gasteiger partial charge in [-0.3, -0.25) is 4.79 Å². The molecule has 0 bridgehead atoms. The van der Waals surface area contributed by atoms with Gasteiger partial charge in [-0.15, -0.1) is 0 Å². The second-order valence-corrected chi connectivity index (χ2v) is 7.99. The van der Waals surface area contributed by atoms with E-state index in [1.165, 1.54) is 17.7 Å². The number of nitrogens with zero attached hydrogens (tertiary/aromatic N) is 3. The highest BCUT2D eigenvalue weighted by molar-refractivity contribution is 6.06. The van der Waals surface area contributed by atoms with E-state index >= 15 is 0 Å². The van der Waals surface area contributed by atoms with Gasteiger partial charge >= 0.3 is 0 Å². The second kappa shape index (κ2) is 8.82. The number of rotatable bonds is 5. The lowest BCUT2D eigenvalue weighted by Crippen LogP contribution is -2.32. The predicted octanol–water partition coefficient (Wildman–Crippen LogP) is 5.78. The Hall–Kier alpha value is -2.95. The highest BCUT2D eigenvalue weighted by Crippen LogP contribution is 2.29. The molecular weight excluding hydrogens is 377 g/mol. The zero-order valence-corrected chi connectivity index (χ0v) is 17.7. The van der Waals surface area contributed by atoms with Crippen molar-refractivity contribution in [2.75, 3.05) is 11.4 Å². The fourth-order valence-corrected chi connectivity index (χ4v) is 4.13. The Morgan fingerprint density at radius 2 is 1.80 bits per heavy atom. The first kappa shape index (κ1) is 20.3. The van der Waals surface area contributed by atoms with Crippen molar-refractivity contribution in [3.63, 3.8) is 0 Å². The van der Waals surface area contributed by atoms with Gasteiger partial charge in [0.2, 0.25) is 0 Å². The Kier molecular flexibility index (Phi) is 5.98. The van der Waals surface area contributed by atoms with Crippen molar-refractivity contribution in [2.24, 2.45) is 0 Å². The van der Waals surface area contributed by atoms with Crippen LogP contribution in [0.4, 0.5) is 10.1 Å². The molecule has 1 amide bonds. The molecule has 3 aromatic rings. The third-order valence-corrected chi connectivity index (χ3v) is 5.71. The molecule has 1 aliphatic rings. The number of aromatic nitrogens is 2. The number of halogens is 1. The summed E-state index contributed by atoms with van der Waals surface area (Å²) < 4.78 is 15.7. The number of benzene rings is 2. The van der Waals surface area contributed by atoms with Crippen LogP contribution >= 0.6 is 0 Å². The summed E-state index contributed by atoms with van der Waals surface area (Å²) in [6, 6.07) is 14.4. The van der Waals surface area contributed by atoms with Crippen LogP contribution in [0.25, 0.3) is 11.4 Å². The van der Waals surface area contributed by atoms with E-state index in [0.717, 1.165) is 55.7 Å². The van der Waals surface area contributed by atoms with Crippen molar-refractivity contribution in [2.45, 2.75) is 52.5 Å². The van der Waals surface area contributed by atoms with Gasteiger partial charge in [0.1, 0.15) is 11.6 Å². The Morgan fingerprint density at radius 3 is 2.50 bits per heavy atom. The number of hydrogen-bond donors (Lipinski definition) is 0. The smallest absolute Gasteiger partial charge is 0.278 e. The van der Waals surface area contributed by atoms with Crippen molar-refractivity contribution < 1.29 is 9.18 Å². The summed E-state index contributed by atoms with van der Waals surface area (Å²) in [6.07, 6.45) is 4.96. The van der Waals surface area contributed by atoms with Gasteiger partial charge in [-0.1, -0.05) is 43.2 Å².